The van der Waals surface area contributed by atoms with Crippen LogP contribution in [0.2, 0.25) is 13.1 Å². The molecule has 1 atom stereocenters. The Bertz CT molecular complexity index is 794. The Morgan fingerprint density at radius 2 is 1.52 bits per heavy atom. The topological polar surface area (TPSA) is 24.9 Å². The Kier molecular flexibility index (Phi) is 3.31. The molecule has 2 heterocycles. The zero-order valence-electron chi connectivity index (χ0n) is 13.5. The third-order valence-electron chi connectivity index (χ3n) is 4.87. The first-order valence-electron chi connectivity index (χ1n) is 8.03. The van der Waals surface area contributed by atoms with Crippen LogP contribution in [-0.4, -0.2) is 13.1 Å². The maximum Gasteiger partial charge on any atom is 0.113 e. The smallest absolute Gasteiger partial charge is 0.113 e. The van der Waals surface area contributed by atoms with Gasteiger partial charge in [0, 0.05) is 18.1 Å². The second-order valence-electron chi connectivity index (χ2n) is 6.62. The summed E-state index contributed by atoms with van der Waals surface area (Å²) in [4.78, 5) is 4.41. The molecule has 3 heteroatoms. The summed E-state index contributed by atoms with van der Waals surface area (Å²) in [6.45, 7) is 4.87. The Morgan fingerprint density at radius 1 is 0.826 bits per heavy atom. The third-order valence-corrected chi connectivity index (χ3v) is 8.47. The number of benzene rings is 2. The first-order chi connectivity index (χ1) is 11.2. The molecule has 1 N–H and O–H groups in total. The Hall–Kier alpha value is -2.39. The van der Waals surface area contributed by atoms with Crippen LogP contribution in [-0.2, 0) is 0 Å². The van der Waals surface area contributed by atoms with Crippen LogP contribution in [0.5, 0.6) is 0 Å². The normalized spacial score (nSPS) is 17.9. The number of nitrogens with one attached hydrogen (secondary N) is 1. The van der Waals surface area contributed by atoms with Gasteiger partial charge in [-0.3, -0.25) is 4.98 Å². The summed E-state index contributed by atoms with van der Waals surface area (Å²) in [5, 5.41) is 6.72. The van der Waals surface area contributed by atoms with Crippen molar-refractivity contribution >= 4 is 24.1 Å². The highest BCUT2D eigenvalue weighted by atomic mass is 28.3. The summed E-state index contributed by atoms with van der Waals surface area (Å²) in [5.41, 5.74) is 3.86. The first-order valence-corrected chi connectivity index (χ1v) is 11.0. The molecule has 0 amide bonds. The Labute approximate surface area is 138 Å². The van der Waals surface area contributed by atoms with Crippen molar-refractivity contribution in [3.8, 4) is 0 Å². The van der Waals surface area contributed by atoms with Gasteiger partial charge >= 0.3 is 0 Å². The maximum atomic E-state index is 4.41. The van der Waals surface area contributed by atoms with Crippen molar-refractivity contribution < 1.29 is 0 Å². The summed E-state index contributed by atoms with van der Waals surface area (Å²) in [6.07, 6.45) is 3.97. The number of para-hydroxylation sites is 1. The minimum atomic E-state index is -1.67. The summed E-state index contributed by atoms with van der Waals surface area (Å²) in [6, 6.07) is 21.7. The number of rotatable bonds is 2. The summed E-state index contributed by atoms with van der Waals surface area (Å²) in [5.74, 6) is 0. The zero-order valence-corrected chi connectivity index (χ0v) is 14.5. The van der Waals surface area contributed by atoms with Gasteiger partial charge in [0.1, 0.15) is 8.07 Å². The van der Waals surface area contributed by atoms with Gasteiger partial charge in [-0.1, -0.05) is 55.6 Å². The lowest BCUT2D eigenvalue weighted by atomic mass is 9.98. The predicted molar refractivity (Wildman–Crippen MR) is 99.3 cm³/mol. The van der Waals surface area contributed by atoms with Gasteiger partial charge in [-0.15, -0.1) is 0 Å². The van der Waals surface area contributed by atoms with Gasteiger partial charge in [0.2, 0.25) is 0 Å². The van der Waals surface area contributed by atoms with E-state index in [9.17, 15) is 0 Å². The minimum absolute atomic E-state index is 0.165. The van der Waals surface area contributed by atoms with E-state index in [-0.39, 0.29) is 6.04 Å². The highest BCUT2D eigenvalue weighted by Crippen LogP contribution is 2.30. The molecule has 0 spiro atoms. The predicted octanol–water partition coefficient (Wildman–Crippen LogP) is 3.42. The molecule has 0 radical (unpaired) electrons. The maximum absolute atomic E-state index is 4.41. The summed E-state index contributed by atoms with van der Waals surface area (Å²) >= 11 is 0. The van der Waals surface area contributed by atoms with Gasteiger partial charge < -0.3 is 5.32 Å². The largest absolute Gasteiger partial charge is 0.374 e. The number of fused-ring (bicyclic) bond motifs is 2. The Balaban J connectivity index is 1.90. The lowest BCUT2D eigenvalue weighted by Crippen LogP contribution is -2.59. The number of hydrogen-bond donors (Lipinski definition) is 1. The van der Waals surface area contributed by atoms with Crippen LogP contribution in [0.15, 0.2) is 73.1 Å². The van der Waals surface area contributed by atoms with Crippen molar-refractivity contribution in [1.82, 2.24) is 4.98 Å². The van der Waals surface area contributed by atoms with Crippen molar-refractivity contribution in [1.29, 1.82) is 0 Å². The molecule has 2 nitrogen and oxygen atoms in total. The molecule has 1 aliphatic heterocycles. The average molecular weight is 316 g/mol. The molecule has 23 heavy (non-hydrogen) atoms. The van der Waals surface area contributed by atoms with Gasteiger partial charge in [0.25, 0.3) is 0 Å². The molecule has 3 aromatic rings. The van der Waals surface area contributed by atoms with E-state index in [0.29, 0.717) is 0 Å². The van der Waals surface area contributed by atoms with E-state index in [4.69, 9.17) is 0 Å². The molecule has 1 aromatic heterocycles. The molecule has 0 saturated carbocycles. The van der Waals surface area contributed by atoms with E-state index in [1.807, 2.05) is 18.5 Å². The van der Waals surface area contributed by atoms with Crippen molar-refractivity contribution in [3.63, 3.8) is 0 Å². The highest BCUT2D eigenvalue weighted by molar-refractivity contribution is 7.01. The molecule has 0 bridgehead atoms. The van der Waals surface area contributed by atoms with Crippen molar-refractivity contribution in [3.05, 3.63) is 84.2 Å². The molecular weight excluding hydrogens is 296 g/mol. The van der Waals surface area contributed by atoms with Crippen LogP contribution in [0.4, 0.5) is 5.69 Å². The quantitative estimate of drug-likeness (QED) is 0.733. The van der Waals surface area contributed by atoms with Crippen molar-refractivity contribution in [2.24, 2.45) is 0 Å². The summed E-state index contributed by atoms with van der Waals surface area (Å²) < 4.78 is 0. The highest BCUT2D eigenvalue weighted by Gasteiger charge is 2.38. The van der Waals surface area contributed by atoms with E-state index in [1.54, 1.807) is 0 Å². The molecule has 1 unspecified atom stereocenters. The number of pyridine rings is 1. The number of hydrogen-bond acceptors (Lipinski definition) is 2. The lowest BCUT2D eigenvalue weighted by molar-refractivity contribution is 0.933. The molecule has 0 saturated heterocycles. The molecule has 1 aliphatic rings. The van der Waals surface area contributed by atoms with E-state index >= 15 is 0 Å². The van der Waals surface area contributed by atoms with Crippen LogP contribution < -0.4 is 15.7 Å². The van der Waals surface area contributed by atoms with Crippen LogP contribution >= 0.6 is 0 Å². The van der Waals surface area contributed by atoms with E-state index in [0.717, 1.165) is 5.69 Å². The van der Waals surface area contributed by atoms with Crippen LogP contribution in [0.3, 0.4) is 0 Å². The van der Waals surface area contributed by atoms with Crippen LogP contribution in [0, 0.1) is 0 Å². The second kappa shape index (κ2) is 5.35. The Morgan fingerprint density at radius 3 is 2.35 bits per heavy atom. The van der Waals surface area contributed by atoms with E-state index < -0.39 is 8.07 Å². The zero-order chi connectivity index (χ0) is 15.9. The van der Waals surface area contributed by atoms with Gasteiger partial charge in [0.05, 0.1) is 6.04 Å². The van der Waals surface area contributed by atoms with E-state index in [1.165, 1.54) is 21.5 Å². The molecule has 0 aliphatic carbocycles. The monoisotopic (exact) mass is 316 g/mol. The fourth-order valence-corrected chi connectivity index (χ4v) is 6.87. The molecule has 0 fully saturated rings. The first kappa shape index (κ1) is 14.2. The SMILES string of the molecule is C[Si]1(C)c2ccccc2C(Nc2ccccc2)c2cnccc21. The average Bonchev–Trinajstić information content (AvgIpc) is 2.60. The van der Waals surface area contributed by atoms with Gasteiger partial charge in [0.15, 0.2) is 0 Å². The molecule has 2 aromatic carbocycles. The lowest BCUT2D eigenvalue weighted by Gasteiger charge is -2.38. The molecular formula is C20H20N2Si. The third kappa shape index (κ3) is 2.28. The number of nitrogens with zero attached hydrogens (tertiary/aromatic N) is 1. The van der Waals surface area contributed by atoms with Gasteiger partial charge in [-0.2, -0.15) is 0 Å². The fourth-order valence-electron chi connectivity index (χ4n) is 3.69. The number of aromatic nitrogens is 1. The fraction of sp³-hybridized carbons (Fsp3) is 0.150. The van der Waals surface area contributed by atoms with Crippen molar-refractivity contribution in [2.75, 3.05) is 5.32 Å². The van der Waals surface area contributed by atoms with Gasteiger partial charge in [-0.05, 0) is 39.7 Å². The van der Waals surface area contributed by atoms with E-state index in [2.05, 4.69) is 78.0 Å². The standard InChI is InChI=1S/C20H20N2Si/c1-23(2)18-11-7-6-10-16(18)20(17-14-21-13-12-19(17)23)22-15-8-4-3-5-9-15/h3-14,20,22H,1-2H3. The summed E-state index contributed by atoms with van der Waals surface area (Å²) in [7, 11) is -1.67. The van der Waals surface area contributed by atoms with Crippen LogP contribution in [0.25, 0.3) is 0 Å². The minimum Gasteiger partial charge on any atom is -0.374 e. The van der Waals surface area contributed by atoms with Crippen LogP contribution in [0.1, 0.15) is 17.2 Å². The molecule has 4 rings (SSSR count). The van der Waals surface area contributed by atoms with Gasteiger partial charge in [-0.25, -0.2) is 0 Å². The molecule has 114 valence electrons. The second-order valence-corrected chi connectivity index (χ2v) is 10.9. The number of anilines is 1. The van der Waals surface area contributed by atoms with Crippen molar-refractivity contribution in [2.45, 2.75) is 19.1 Å².